The second kappa shape index (κ2) is 9.71. The molecule has 160 valence electrons. The van der Waals surface area contributed by atoms with Crippen molar-refractivity contribution in [3.8, 4) is 11.1 Å². The Kier molecular flexibility index (Phi) is 7.02. The zero-order valence-electron chi connectivity index (χ0n) is 16.4. The van der Waals surface area contributed by atoms with E-state index in [2.05, 4.69) is 5.16 Å². The number of carboxylic acid groups (broad SMARTS) is 1. The zero-order valence-corrected chi connectivity index (χ0v) is 17.2. The highest BCUT2D eigenvalue weighted by atomic mass is 35.5. The maximum absolute atomic E-state index is 15.3. The molecule has 0 aromatic heterocycles. The summed E-state index contributed by atoms with van der Waals surface area (Å²) >= 11 is 5.86. The number of aliphatic carboxylic acids is 1. The number of oxime groups is 1. The first-order chi connectivity index (χ1) is 14.8. The smallest absolute Gasteiger partial charge is 0.341 e. The van der Waals surface area contributed by atoms with Gasteiger partial charge < -0.3 is 10.3 Å². The van der Waals surface area contributed by atoms with Crippen LogP contribution in [0.5, 0.6) is 0 Å². The van der Waals surface area contributed by atoms with E-state index in [9.17, 15) is 19.5 Å². The fourth-order valence-corrected chi connectivity index (χ4v) is 3.40. The molecule has 31 heavy (non-hydrogen) atoms. The van der Waals surface area contributed by atoms with Crippen LogP contribution in [0.15, 0.2) is 78.0 Å². The molecule has 0 spiro atoms. The zero-order chi connectivity index (χ0) is 22.4. The third kappa shape index (κ3) is 5.47. The van der Waals surface area contributed by atoms with Gasteiger partial charge in [0, 0.05) is 22.6 Å². The van der Waals surface area contributed by atoms with E-state index in [-0.39, 0.29) is 29.7 Å². The number of alkyl halides is 1. The molecular formula is C24H20ClF2NO3. The number of carboxylic acids is 1. The highest BCUT2D eigenvalue weighted by Crippen LogP contribution is 2.29. The van der Waals surface area contributed by atoms with Crippen LogP contribution in [-0.4, -0.2) is 27.7 Å². The van der Waals surface area contributed by atoms with Crippen LogP contribution in [0.2, 0.25) is 5.02 Å². The van der Waals surface area contributed by atoms with Crippen LogP contribution in [0.25, 0.3) is 11.1 Å². The number of hydrogen-bond donors (Lipinski definition) is 2. The number of carbonyl (C=O) groups is 1. The van der Waals surface area contributed by atoms with Crippen LogP contribution in [0, 0.1) is 5.82 Å². The number of halogens is 3. The molecule has 7 heteroatoms. The van der Waals surface area contributed by atoms with Gasteiger partial charge in [-0.15, -0.1) is 0 Å². The largest absolute Gasteiger partial charge is 0.479 e. The minimum atomic E-state index is -2.68. The molecule has 1 atom stereocenters. The summed E-state index contributed by atoms with van der Waals surface area (Å²) in [6.45, 7) is 0. The van der Waals surface area contributed by atoms with Crippen molar-refractivity contribution in [3.63, 3.8) is 0 Å². The fraction of sp³-hybridized carbons (Fsp3) is 0.167. The van der Waals surface area contributed by atoms with Crippen molar-refractivity contribution >= 4 is 23.3 Å². The Bertz CT molecular complexity index is 1090. The highest BCUT2D eigenvalue weighted by molar-refractivity contribution is 6.30. The van der Waals surface area contributed by atoms with Gasteiger partial charge in [0.1, 0.15) is 5.82 Å². The minimum Gasteiger partial charge on any atom is -0.479 e. The molecule has 0 aliphatic rings. The fourth-order valence-electron chi connectivity index (χ4n) is 3.28. The van der Waals surface area contributed by atoms with E-state index in [4.69, 9.17) is 11.6 Å². The van der Waals surface area contributed by atoms with Crippen LogP contribution < -0.4 is 0 Å². The molecule has 0 saturated heterocycles. The van der Waals surface area contributed by atoms with Gasteiger partial charge >= 0.3 is 5.97 Å². The molecule has 4 nitrogen and oxygen atoms in total. The quantitative estimate of drug-likeness (QED) is 0.249. The van der Waals surface area contributed by atoms with Crippen LogP contribution >= 0.6 is 11.6 Å². The maximum atomic E-state index is 15.3. The number of aryl methyl sites for hydroxylation is 1. The molecule has 0 bridgehead atoms. The van der Waals surface area contributed by atoms with Gasteiger partial charge in [-0.05, 0) is 42.2 Å². The van der Waals surface area contributed by atoms with Gasteiger partial charge in [-0.2, -0.15) is 0 Å². The average Bonchev–Trinajstić information content (AvgIpc) is 2.77. The Morgan fingerprint density at radius 3 is 2.29 bits per heavy atom. The Hall–Kier alpha value is -3.25. The van der Waals surface area contributed by atoms with Crippen LogP contribution in [0.4, 0.5) is 8.78 Å². The summed E-state index contributed by atoms with van der Waals surface area (Å²) in [5.41, 5.74) is -1.18. The van der Waals surface area contributed by atoms with Crippen LogP contribution in [-0.2, 0) is 11.2 Å². The number of benzene rings is 3. The lowest BCUT2D eigenvalue weighted by atomic mass is 9.89. The lowest BCUT2D eigenvalue weighted by Crippen LogP contribution is -2.37. The second-order valence-corrected chi connectivity index (χ2v) is 7.62. The van der Waals surface area contributed by atoms with Crippen LogP contribution in [0.3, 0.4) is 0 Å². The van der Waals surface area contributed by atoms with E-state index < -0.39 is 23.9 Å². The molecule has 0 aliphatic carbocycles. The molecule has 0 amide bonds. The summed E-state index contributed by atoms with van der Waals surface area (Å²) in [4.78, 5) is 11.7. The molecule has 0 radical (unpaired) electrons. The van der Waals surface area contributed by atoms with E-state index in [1.54, 1.807) is 48.5 Å². The average molecular weight is 444 g/mol. The first kappa shape index (κ1) is 22.4. The summed E-state index contributed by atoms with van der Waals surface area (Å²) in [6.07, 6.45) is -0.839. The number of hydrogen-bond acceptors (Lipinski definition) is 3. The van der Waals surface area contributed by atoms with E-state index in [1.807, 2.05) is 6.07 Å². The van der Waals surface area contributed by atoms with Crippen molar-refractivity contribution in [3.05, 3.63) is 94.8 Å². The summed E-state index contributed by atoms with van der Waals surface area (Å²) in [5, 5.41) is 22.5. The molecular weight excluding hydrogens is 424 g/mol. The van der Waals surface area contributed by atoms with Crippen molar-refractivity contribution in [1.29, 1.82) is 0 Å². The summed E-state index contributed by atoms with van der Waals surface area (Å²) in [5.74, 6) is -2.28. The second-order valence-electron chi connectivity index (χ2n) is 7.18. The normalized spacial score (nSPS) is 13.6. The van der Waals surface area contributed by atoms with Crippen molar-refractivity contribution in [2.45, 2.75) is 24.9 Å². The molecule has 0 aliphatic heterocycles. The van der Waals surface area contributed by atoms with E-state index >= 15 is 4.39 Å². The first-order valence-corrected chi connectivity index (χ1v) is 9.93. The SMILES string of the molecule is O=C(O)C(F)(CCc1ccccc1)CC(=NO)c1ccc(-c2ccc(Cl)cc2)c(F)c1. The number of rotatable bonds is 8. The topological polar surface area (TPSA) is 69.9 Å². The molecule has 0 fully saturated rings. The predicted molar refractivity (Wildman–Crippen MR) is 116 cm³/mol. The summed E-state index contributed by atoms with van der Waals surface area (Å²) in [6, 6.07) is 19.5. The summed E-state index contributed by atoms with van der Waals surface area (Å²) in [7, 11) is 0. The van der Waals surface area contributed by atoms with Crippen molar-refractivity contribution in [2.24, 2.45) is 5.16 Å². The molecule has 2 N–H and O–H groups in total. The Morgan fingerprint density at radius 1 is 1.03 bits per heavy atom. The van der Waals surface area contributed by atoms with Gasteiger partial charge in [-0.25, -0.2) is 13.6 Å². The molecule has 3 rings (SSSR count). The van der Waals surface area contributed by atoms with Crippen molar-refractivity contribution in [1.82, 2.24) is 0 Å². The van der Waals surface area contributed by atoms with Gasteiger partial charge in [-0.3, -0.25) is 0 Å². The van der Waals surface area contributed by atoms with Gasteiger partial charge in [0.25, 0.3) is 0 Å². The monoisotopic (exact) mass is 443 g/mol. The van der Waals surface area contributed by atoms with Crippen LogP contribution in [0.1, 0.15) is 24.0 Å². The Morgan fingerprint density at radius 2 is 1.71 bits per heavy atom. The lowest BCUT2D eigenvalue weighted by Gasteiger charge is -2.21. The van der Waals surface area contributed by atoms with Gasteiger partial charge in [0.05, 0.1) is 5.71 Å². The molecule has 0 heterocycles. The highest BCUT2D eigenvalue weighted by Gasteiger charge is 2.40. The van der Waals surface area contributed by atoms with Gasteiger partial charge in [0.15, 0.2) is 0 Å². The molecule has 3 aromatic carbocycles. The minimum absolute atomic E-state index is 0.0979. The first-order valence-electron chi connectivity index (χ1n) is 9.55. The van der Waals surface area contributed by atoms with Crippen molar-refractivity contribution in [2.75, 3.05) is 0 Å². The predicted octanol–water partition coefficient (Wildman–Crippen LogP) is 6.14. The Labute approximate surface area is 183 Å². The molecule has 0 saturated carbocycles. The van der Waals surface area contributed by atoms with Gasteiger partial charge in [0.2, 0.25) is 5.67 Å². The van der Waals surface area contributed by atoms with E-state index in [0.29, 0.717) is 10.6 Å². The third-order valence-corrected chi connectivity index (χ3v) is 5.31. The molecule has 1 unspecified atom stereocenters. The summed E-state index contributed by atoms with van der Waals surface area (Å²) < 4.78 is 30.0. The Balaban J connectivity index is 1.82. The molecule has 3 aromatic rings. The standard InChI is InChI=1S/C24H20ClF2NO3/c25-19-9-6-17(7-10-19)20-11-8-18(14-21(20)26)22(28-31)15-24(27,23(29)30)13-12-16-4-2-1-3-5-16/h1-11,14,31H,12-13,15H2,(H,29,30). The number of nitrogens with zero attached hydrogens (tertiary/aromatic N) is 1. The van der Waals surface area contributed by atoms with E-state index in [0.717, 1.165) is 11.6 Å². The third-order valence-electron chi connectivity index (χ3n) is 5.06. The van der Waals surface area contributed by atoms with Gasteiger partial charge in [-0.1, -0.05) is 71.4 Å². The van der Waals surface area contributed by atoms with E-state index in [1.165, 1.54) is 12.1 Å². The lowest BCUT2D eigenvalue weighted by molar-refractivity contribution is -0.150. The van der Waals surface area contributed by atoms with Crippen molar-refractivity contribution < 1.29 is 23.9 Å². The maximum Gasteiger partial charge on any atom is 0.341 e.